The van der Waals surface area contributed by atoms with Gasteiger partial charge in [0, 0.05) is 30.8 Å². The minimum absolute atomic E-state index is 0.135. The highest BCUT2D eigenvalue weighted by atomic mass is 35.5. The zero-order valence-corrected chi connectivity index (χ0v) is 11.3. The van der Waals surface area contributed by atoms with E-state index in [0.717, 1.165) is 12.2 Å². The molecule has 0 saturated carbocycles. The number of hydrogen-bond acceptors (Lipinski definition) is 3. The van der Waals surface area contributed by atoms with Gasteiger partial charge in [-0.1, -0.05) is 11.6 Å². The van der Waals surface area contributed by atoms with Crippen molar-refractivity contribution in [3.63, 3.8) is 0 Å². The zero-order chi connectivity index (χ0) is 13.5. The quantitative estimate of drug-likeness (QED) is 0.891. The fraction of sp³-hybridized carbons (Fsp3) is 0.385. The third-order valence-corrected chi connectivity index (χ3v) is 2.72. The van der Waals surface area contributed by atoms with Crippen molar-refractivity contribution in [1.82, 2.24) is 4.90 Å². The number of benzene rings is 1. The van der Waals surface area contributed by atoms with Gasteiger partial charge in [0.1, 0.15) is 0 Å². The van der Waals surface area contributed by atoms with E-state index in [1.165, 1.54) is 4.90 Å². The Hall–Kier alpha value is -1.73. The molecule has 0 bridgehead atoms. The summed E-state index contributed by atoms with van der Waals surface area (Å²) >= 11 is 5.92. The average Bonchev–Trinajstić information content (AvgIpc) is 2.37. The number of hydrogen-bond donors (Lipinski definition) is 1. The van der Waals surface area contributed by atoms with E-state index in [0.29, 0.717) is 23.6 Å². The maximum Gasteiger partial charge on any atom is 0.255 e. The lowest BCUT2D eigenvalue weighted by Crippen LogP contribution is -2.28. The third kappa shape index (κ3) is 3.64. The molecule has 0 radical (unpaired) electrons. The highest BCUT2D eigenvalue weighted by Crippen LogP contribution is 2.22. The molecule has 18 heavy (non-hydrogen) atoms. The fourth-order valence-electron chi connectivity index (χ4n) is 1.56. The van der Waals surface area contributed by atoms with E-state index in [2.05, 4.69) is 5.32 Å². The van der Waals surface area contributed by atoms with Crippen LogP contribution in [-0.2, 0) is 0 Å². The van der Waals surface area contributed by atoms with Crippen LogP contribution in [0, 0.1) is 11.3 Å². The van der Waals surface area contributed by atoms with Crippen molar-refractivity contribution in [2.24, 2.45) is 0 Å². The summed E-state index contributed by atoms with van der Waals surface area (Å²) in [6, 6.07) is 7.19. The minimum Gasteiger partial charge on any atom is -0.385 e. The van der Waals surface area contributed by atoms with Crippen LogP contribution in [0.3, 0.4) is 0 Å². The van der Waals surface area contributed by atoms with Crippen LogP contribution in [0.2, 0.25) is 5.02 Å². The van der Waals surface area contributed by atoms with Gasteiger partial charge in [0.2, 0.25) is 0 Å². The van der Waals surface area contributed by atoms with E-state index in [-0.39, 0.29) is 5.91 Å². The van der Waals surface area contributed by atoms with Crippen molar-refractivity contribution in [2.45, 2.75) is 13.3 Å². The van der Waals surface area contributed by atoms with Crippen LogP contribution in [0.25, 0.3) is 0 Å². The van der Waals surface area contributed by atoms with Crippen molar-refractivity contribution < 1.29 is 4.79 Å². The number of amides is 1. The van der Waals surface area contributed by atoms with Gasteiger partial charge in [-0.3, -0.25) is 4.79 Å². The molecule has 0 aliphatic carbocycles. The molecule has 1 amide bonds. The highest BCUT2D eigenvalue weighted by Gasteiger charge is 2.15. The molecule has 1 aromatic carbocycles. The van der Waals surface area contributed by atoms with Gasteiger partial charge in [-0.15, -0.1) is 0 Å². The topological polar surface area (TPSA) is 56.1 Å². The summed E-state index contributed by atoms with van der Waals surface area (Å²) in [5.41, 5.74) is 1.29. The number of nitrogens with zero attached hydrogens (tertiary/aromatic N) is 2. The Balaban J connectivity index is 2.96. The largest absolute Gasteiger partial charge is 0.385 e. The van der Waals surface area contributed by atoms with Crippen molar-refractivity contribution in [1.29, 1.82) is 5.26 Å². The number of rotatable bonds is 5. The summed E-state index contributed by atoms with van der Waals surface area (Å²) in [6.45, 7) is 3.10. The van der Waals surface area contributed by atoms with Gasteiger partial charge in [0.15, 0.2) is 0 Å². The standard InChI is InChI=1S/C13H16ClN3O/c1-3-16-12-6-5-10(14)9-11(12)13(18)17(2)8-4-7-15/h5-6,9,16H,3-4,8H2,1-2H3. The molecule has 1 N–H and O–H groups in total. The Bertz CT molecular complexity index is 468. The molecule has 1 rings (SSSR count). The summed E-state index contributed by atoms with van der Waals surface area (Å²) in [4.78, 5) is 13.7. The first-order valence-corrected chi connectivity index (χ1v) is 6.13. The number of carbonyl (C=O) groups is 1. The molecule has 0 aliphatic heterocycles. The van der Waals surface area contributed by atoms with Gasteiger partial charge in [0.05, 0.1) is 18.1 Å². The van der Waals surface area contributed by atoms with Crippen molar-refractivity contribution in [3.8, 4) is 6.07 Å². The maximum absolute atomic E-state index is 12.2. The van der Waals surface area contributed by atoms with Crippen LogP contribution in [0.4, 0.5) is 5.69 Å². The Labute approximate surface area is 112 Å². The molecule has 96 valence electrons. The first-order valence-electron chi connectivity index (χ1n) is 5.76. The van der Waals surface area contributed by atoms with Gasteiger partial charge in [-0.2, -0.15) is 5.26 Å². The SMILES string of the molecule is CCNc1ccc(Cl)cc1C(=O)N(C)CCC#N. The number of nitriles is 1. The van der Waals surface area contributed by atoms with Crippen LogP contribution in [0.15, 0.2) is 18.2 Å². The first kappa shape index (κ1) is 14.3. The predicted molar refractivity (Wildman–Crippen MR) is 72.8 cm³/mol. The number of nitrogens with one attached hydrogen (secondary N) is 1. The monoisotopic (exact) mass is 265 g/mol. The lowest BCUT2D eigenvalue weighted by atomic mass is 10.1. The Morgan fingerprint density at radius 3 is 2.89 bits per heavy atom. The van der Waals surface area contributed by atoms with Crippen LogP contribution in [0.5, 0.6) is 0 Å². The summed E-state index contributed by atoms with van der Waals surface area (Å²) in [5.74, 6) is -0.135. The lowest BCUT2D eigenvalue weighted by molar-refractivity contribution is 0.0799. The normalized spacial score (nSPS) is 9.67. The van der Waals surface area contributed by atoms with Crippen LogP contribution < -0.4 is 5.32 Å². The van der Waals surface area contributed by atoms with Gasteiger partial charge < -0.3 is 10.2 Å². The fourth-order valence-corrected chi connectivity index (χ4v) is 1.73. The lowest BCUT2D eigenvalue weighted by Gasteiger charge is -2.18. The molecule has 0 heterocycles. The minimum atomic E-state index is -0.135. The second-order valence-electron chi connectivity index (χ2n) is 3.86. The van der Waals surface area contributed by atoms with E-state index >= 15 is 0 Å². The summed E-state index contributed by atoms with van der Waals surface area (Å²) < 4.78 is 0. The van der Waals surface area contributed by atoms with Crippen LogP contribution >= 0.6 is 11.6 Å². The van der Waals surface area contributed by atoms with E-state index < -0.39 is 0 Å². The molecule has 0 saturated heterocycles. The van der Waals surface area contributed by atoms with Gasteiger partial charge >= 0.3 is 0 Å². The van der Waals surface area contributed by atoms with E-state index in [9.17, 15) is 4.79 Å². The predicted octanol–water partition coefficient (Wildman–Crippen LogP) is 2.76. The summed E-state index contributed by atoms with van der Waals surface area (Å²) in [6.07, 6.45) is 0.319. The van der Waals surface area contributed by atoms with E-state index in [1.807, 2.05) is 13.0 Å². The van der Waals surface area contributed by atoms with Crippen molar-refractivity contribution in [2.75, 3.05) is 25.5 Å². The molecule has 0 aromatic heterocycles. The summed E-state index contributed by atoms with van der Waals surface area (Å²) in [7, 11) is 1.68. The molecule has 1 aromatic rings. The average molecular weight is 266 g/mol. The van der Waals surface area contributed by atoms with Crippen molar-refractivity contribution >= 4 is 23.2 Å². The Morgan fingerprint density at radius 2 is 2.28 bits per heavy atom. The molecule has 0 fully saturated rings. The number of halogens is 1. The van der Waals surface area contributed by atoms with Crippen molar-refractivity contribution in [3.05, 3.63) is 28.8 Å². The van der Waals surface area contributed by atoms with Crippen LogP contribution in [0.1, 0.15) is 23.7 Å². The second-order valence-corrected chi connectivity index (χ2v) is 4.29. The molecule has 0 unspecified atom stereocenters. The maximum atomic E-state index is 12.2. The Morgan fingerprint density at radius 1 is 1.56 bits per heavy atom. The number of anilines is 1. The Kier molecular flexibility index (Phi) is 5.47. The summed E-state index contributed by atoms with van der Waals surface area (Å²) in [5, 5.41) is 12.2. The van der Waals surface area contributed by atoms with Gasteiger partial charge in [-0.25, -0.2) is 0 Å². The molecule has 5 heteroatoms. The van der Waals surface area contributed by atoms with E-state index in [1.54, 1.807) is 25.2 Å². The second kappa shape index (κ2) is 6.87. The molecule has 0 aliphatic rings. The highest BCUT2D eigenvalue weighted by molar-refractivity contribution is 6.31. The molecule has 4 nitrogen and oxygen atoms in total. The molecular formula is C13H16ClN3O. The van der Waals surface area contributed by atoms with Crippen LogP contribution in [-0.4, -0.2) is 30.9 Å². The molecule has 0 spiro atoms. The molecular weight excluding hydrogens is 250 g/mol. The van der Waals surface area contributed by atoms with Gasteiger partial charge in [0.25, 0.3) is 5.91 Å². The first-order chi connectivity index (χ1) is 8.60. The number of carbonyl (C=O) groups excluding carboxylic acids is 1. The third-order valence-electron chi connectivity index (χ3n) is 2.48. The van der Waals surface area contributed by atoms with Gasteiger partial charge in [-0.05, 0) is 25.1 Å². The smallest absolute Gasteiger partial charge is 0.255 e. The van der Waals surface area contributed by atoms with E-state index in [4.69, 9.17) is 16.9 Å². The zero-order valence-electron chi connectivity index (χ0n) is 10.5. The molecule has 0 atom stereocenters.